The molecule has 2 aliphatic carbocycles. The third-order valence-corrected chi connectivity index (χ3v) is 8.55. The van der Waals surface area contributed by atoms with Crippen LogP contribution in [0.15, 0.2) is 60.1 Å². The van der Waals surface area contributed by atoms with Crippen LogP contribution in [0.3, 0.4) is 0 Å². The fourth-order valence-corrected chi connectivity index (χ4v) is 5.44. The molecule has 6 N–H and O–H groups in total. The van der Waals surface area contributed by atoms with Crippen LogP contribution in [-0.4, -0.2) is 37.2 Å². The van der Waals surface area contributed by atoms with E-state index < -0.39 is 0 Å². The van der Waals surface area contributed by atoms with Gasteiger partial charge in [-0.3, -0.25) is 5.10 Å². The van der Waals surface area contributed by atoms with E-state index in [-0.39, 0.29) is 17.0 Å². The van der Waals surface area contributed by atoms with E-state index in [4.69, 9.17) is 21.6 Å². The zero-order chi connectivity index (χ0) is 25.1. The van der Waals surface area contributed by atoms with Gasteiger partial charge in [0.2, 0.25) is 0 Å². The van der Waals surface area contributed by atoms with Crippen molar-refractivity contribution < 1.29 is 0 Å². The molecule has 3 aromatic heterocycles. The summed E-state index contributed by atoms with van der Waals surface area (Å²) in [6.07, 6.45) is 11.9. The van der Waals surface area contributed by atoms with Crippen molar-refractivity contribution in [1.29, 1.82) is 0 Å². The summed E-state index contributed by atoms with van der Waals surface area (Å²) in [4.78, 5) is 4.92. The highest BCUT2D eigenvalue weighted by molar-refractivity contribution is 6.06. The van der Waals surface area contributed by atoms with E-state index >= 15 is 0 Å². The highest BCUT2D eigenvalue weighted by Gasteiger charge is 2.49. The second-order valence-corrected chi connectivity index (χ2v) is 11.2. The molecule has 2 aliphatic rings. The third kappa shape index (κ3) is 3.76. The molecule has 0 spiro atoms. The van der Waals surface area contributed by atoms with Gasteiger partial charge in [0, 0.05) is 40.5 Å². The molecule has 2 saturated carbocycles. The second-order valence-electron chi connectivity index (χ2n) is 11.2. The minimum Gasteiger partial charge on any atom is -0.383 e. The first-order chi connectivity index (χ1) is 17.2. The maximum Gasteiger partial charge on any atom is 0.135 e. The van der Waals surface area contributed by atoms with E-state index in [0.717, 1.165) is 46.4 Å². The zero-order valence-corrected chi connectivity index (χ0v) is 21.1. The number of nitrogens with zero attached hydrogens (tertiary/aromatic N) is 4. The Morgan fingerprint density at radius 2 is 1.94 bits per heavy atom. The fraction of sp³-hybridized carbons (Fsp3) is 0.393. The van der Waals surface area contributed by atoms with Gasteiger partial charge >= 0.3 is 0 Å². The summed E-state index contributed by atoms with van der Waals surface area (Å²) >= 11 is 0. The van der Waals surface area contributed by atoms with Crippen molar-refractivity contribution in [3.05, 3.63) is 66.2 Å². The molecule has 36 heavy (non-hydrogen) atoms. The van der Waals surface area contributed by atoms with Crippen LogP contribution < -0.4 is 16.8 Å². The Labute approximate surface area is 211 Å². The minimum absolute atomic E-state index is 0.116. The molecule has 186 valence electrons. The van der Waals surface area contributed by atoms with Gasteiger partial charge < -0.3 is 16.8 Å². The van der Waals surface area contributed by atoms with Crippen LogP contribution >= 0.6 is 0 Å². The number of hydrogen-bond donors (Lipinski definition) is 4. The predicted octanol–water partition coefficient (Wildman–Crippen LogP) is 4.96. The molecule has 2 atom stereocenters. The summed E-state index contributed by atoms with van der Waals surface area (Å²) < 4.78 is 1.89. The highest BCUT2D eigenvalue weighted by atomic mass is 15.2. The number of para-hydroxylation sites is 1. The Bertz CT molecular complexity index is 1440. The number of anilines is 1. The Balaban J connectivity index is 1.48. The van der Waals surface area contributed by atoms with Crippen LogP contribution in [0.2, 0.25) is 0 Å². The molecule has 0 saturated heterocycles. The molecule has 0 bridgehead atoms. The van der Waals surface area contributed by atoms with Gasteiger partial charge in [-0.05, 0) is 56.2 Å². The maximum absolute atomic E-state index is 6.73. The first-order valence-corrected chi connectivity index (χ1v) is 12.7. The molecule has 6 rings (SSSR count). The molecule has 2 fully saturated rings. The fourth-order valence-electron chi connectivity index (χ4n) is 5.44. The summed E-state index contributed by atoms with van der Waals surface area (Å²) in [5, 5.41) is 15.6. The SMILES string of the molecule is CC1(C)[C@H](Nc2c(/C(N)=N/c3ccccc3C3CC3)cnn3cc(-c4cn[nH]c4)cc23)CC[C@]1(C)N. The minimum atomic E-state index is -0.263. The molecule has 3 heterocycles. The Hall–Kier alpha value is -3.65. The highest BCUT2D eigenvalue weighted by Crippen LogP contribution is 2.47. The van der Waals surface area contributed by atoms with Crippen molar-refractivity contribution in [3.8, 4) is 11.1 Å². The lowest BCUT2D eigenvalue weighted by molar-refractivity contribution is 0.215. The van der Waals surface area contributed by atoms with Crippen LogP contribution in [0, 0.1) is 5.41 Å². The number of fused-ring (bicyclic) bond motifs is 1. The van der Waals surface area contributed by atoms with Gasteiger partial charge in [0.25, 0.3) is 0 Å². The Kier molecular flexibility index (Phi) is 5.19. The number of nitrogens with two attached hydrogens (primary N) is 2. The number of H-pyrrole nitrogens is 1. The monoisotopic (exact) mass is 482 g/mol. The standard InChI is InChI=1S/C28H34N8/c1-27(2)24(10-11-28(27,3)30)35-25-21(26(29)34-22-7-5-4-6-20(22)17-8-9-17)15-33-36-16-18(12-23(25)36)19-13-31-32-14-19/h4-7,12-17,24,35H,8-11,30H2,1-3H3,(H2,29,34)(H,31,32)/t24-,28+/m1/s1. The predicted molar refractivity (Wildman–Crippen MR) is 145 cm³/mol. The molecule has 0 aliphatic heterocycles. The average molecular weight is 483 g/mol. The quantitative estimate of drug-likeness (QED) is 0.229. The van der Waals surface area contributed by atoms with E-state index in [1.807, 2.05) is 41.4 Å². The number of aromatic amines is 1. The molecule has 4 aromatic rings. The van der Waals surface area contributed by atoms with Crippen LogP contribution in [0.25, 0.3) is 16.6 Å². The molecular weight excluding hydrogens is 448 g/mol. The van der Waals surface area contributed by atoms with Crippen LogP contribution in [0.4, 0.5) is 11.4 Å². The van der Waals surface area contributed by atoms with E-state index in [9.17, 15) is 0 Å². The van der Waals surface area contributed by atoms with Crippen molar-refractivity contribution in [2.75, 3.05) is 5.32 Å². The molecule has 0 unspecified atom stereocenters. The van der Waals surface area contributed by atoms with E-state index in [1.165, 1.54) is 18.4 Å². The van der Waals surface area contributed by atoms with E-state index in [2.05, 4.69) is 54.5 Å². The van der Waals surface area contributed by atoms with Crippen LogP contribution in [0.1, 0.15) is 63.5 Å². The summed E-state index contributed by atoms with van der Waals surface area (Å²) in [5.74, 6) is 1.04. The summed E-state index contributed by atoms with van der Waals surface area (Å²) in [6.45, 7) is 6.64. The van der Waals surface area contributed by atoms with Gasteiger partial charge in [0.1, 0.15) is 5.84 Å². The van der Waals surface area contributed by atoms with E-state index in [1.54, 1.807) is 0 Å². The largest absolute Gasteiger partial charge is 0.383 e. The van der Waals surface area contributed by atoms with Crippen molar-refractivity contribution >= 4 is 22.7 Å². The smallest absolute Gasteiger partial charge is 0.135 e. The van der Waals surface area contributed by atoms with Gasteiger partial charge in [-0.25, -0.2) is 9.51 Å². The Morgan fingerprint density at radius 1 is 1.14 bits per heavy atom. The maximum atomic E-state index is 6.73. The molecule has 1 aromatic carbocycles. The Morgan fingerprint density at radius 3 is 2.64 bits per heavy atom. The van der Waals surface area contributed by atoms with Crippen molar-refractivity contribution in [1.82, 2.24) is 19.8 Å². The summed E-state index contributed by atoms with van der Waals surface area (Å²) in [7, 11) is 0. The molecule has 8 heteroatoms. The first kappa shape index (κ1) is 22.8. The molecule has 8 nitrogen and oxygen atoms in total. The molecular formula is C28H34N8. The lowest BCUT2D eigenvalue weighted by Gasteiger charge is -2.39. The number of nitrogens with one attached hydrogen (secondary N) is 2. The number of aromatic nitrogens is 4. The van der Waals surface area contributed by atoms with Gasteiger partial charge in [-0.2, -0.15) is 10.2 Å². The average Bonchev–Trinajstić information content (AvgIpc) is 3.28. The summed E-state index contributed by atoms with van der Waals surface area (Å²) in [6, 6.07) is 10.6. The van der Waals surface area contributed by atoms with Gasteiger partial charge in [0.15, 0.2) is 0 Å². The lowest BCUT2D eigenvalue weighted by Crippen LogP contribution is -2.51. The van der Waals surface area contributed by atoms with Crippen LogP contribution in [-0.2, 0) is 0 Å². The zero-order valence-electron chi connectivity index (χ0n) is 21.1. The van der Waals surface area contributed by atoms with Crippen molar-refractivity contribution in [2.45, 2.75) is 64.0 Å². The van der Waals surface area contributed by atoms with Crippen molar-refractivity contribution in [3.63, 3.8) is 0 Å². The topological polar surface area (TPSA) is 122 Å². The number of benzene rings is 1. The third-order valence-electron chi connectivity index (χ3n) is 8.55. The number of amidine groups is 1. The van der Waals surface area contributed by atoms with Gasteiger partial charge in [0.05, 0.1) is 34.8 Å². The normalized spacial score (nSPS) is 23.9. The van der Waals surface area contributed by atoms with Gasteiger partial charge in [-0.15, -0.1) is 0 Å². The first-order valence-electron chi connectivity index (χ1n) is 12.7. The number of hydrogen-bond acceptors (Lipinski definition) is 5. The van der Waals surface area contributed by atoms with Crippen molar-refractivity contribution in [2.24, 2.45) is 21.9 Å². The molecule has 0 radical (unpaired) electrons. The summed E-state index contributed by atoms with van der Waals surface area (Å²) in [5.41, 5.74) is 20.0. The van der Waals surface area contributed by atoms with E-state index in [0.29, 0.717) is 11.8 Å². The number of rotatable bonds is 6. The second kappa shape index (κ2) is 8.20. The number of aliphatic imine (C=N–C) groups is 1. The molecule has 0 amide bonds. The lowest BCUT2D eigenvalue weighted by atomic mass is 9.75. The van der Waals surface area contributed by atoms with Crippen LogP contribution in [0.5, 0.6) is 0 Å². The van der Waals surface area contributed by atoms with Gasteiger partial charge in [-0.1, -0.05) is 32.0 Å².